The van der Waals surface area contributed by atoms with E-state index in [-0.39, 0.29) is 16.7 Å². The van der Waals surface area contributed by atoms with E-state index in [9.17, 15) is 17.6 Å². The Morgan fingerprint density at radius 3 is 2.71 bits per heavy atom. The average Bonchev–Trinajstić information content (AvgIpc) is 3.18. The zero-order valence-corrected chi connectivity index (χ0v) is 17.8. The quantitative estimate of drug-likeness (QED) is 0.654. The van der Waals surface area contributed by atoms with E-state index >= 15 is 0 Å². The van der Waals surface area contributed by atoms with Gasteiger partial charge in [0.25, 0.3) is 0 Å². The van der Waals surface area contributed by atoms with Crippen molar-refractivity contribution in [2.45, 2.75) is 24.2 Å². The Bertz CT molecular complexity index is 1210. The van der Waals surface area contributed by atoms with Crippen molar-refractivity contribution in [1.29, 1.82) is 0 Å². The normalized spacial score (nSPS) is 13.7. The molecular weight excluding hydrogens is 421 g/mol. The number of amides is 2. The highest BCUT2D eigenvalue weighted by molar-refractivity contribution is 7.90. The molecule has 0 spiro atoms. The van der Waals surface area contributed by atoms with Gasteiger partial charge in [-0.1, -0.05) is 0 Å². The number of hydrogen-bond acceptors (Lipinski definition) is 5. The maximum absolute atomic E-state index is 13.2. The number of carbonyl (C=O) groups excluding carboxylic acids is 1. The Morgan fingerprint density at radius 1 is 1.19 bits per heavy atom. The van der Waals surface area contributed by atoms with Crippen LogP contribution in [0.25, 0.3) is 5.69 Å². The van der Waals surface area contributed by atoms with Crippen LogP contribution in [0.3, 0.4) is 0 Å². The average molecular weight is 444 g/mol. The fourth-order valence-corrected chi connectivity index (χ4v) is 4.20. The van der Waals surface area contributed by atoms with Crippen molar-refractivity contribution in [3.05, 3.63) is 66.0 Å². The Kier molecular flexibility index (Phi) is 5.73. The molecule has 162 valence electrons. The number of urea groups is 1. The van der Waals surface area contributed by atoms with E-state index in [1.807, 2.05) is 0 Å². The van der Waals surface area contributed by atoms with Crippen LogP contribution in [-0.2, 0) is 22.7 Å². The largest absolute Gasteiger partial charge is 0.337 e. The number of halogens is 1. The second-order valence-corrected chi connectivity index (χ2v) is 9.42. The summed E-state index contributed by atoms with van der Waals surface area (Å²) < 4.78 is 38.3. The van der Waals surface area contributed by atoms with Gasteiger partial charge in [0.1, 0.15) is 5.82 Å². The molecule has 31 heavy (non-hydrogen) atoms. The first-order valence-electron chi connectivity index (χ1n) is 9.85. The molecule has 3 heterocycles. The first kappa shape index (κ1) is 21.0. The SMILES string of the molecule is CS(=O)(=O)c1cncc(CCNC(=O)N2CCCc3c2cnn3-c2ccc(F)cc2)c1. The molecule has 0 saturated heterocycles. The molecule has 2 aromatic heterocycles. The molecule has 3 aromatic rings. The van der Waals surface area contributed by atoms with Crippen molar-refractivity contribution in [3.8, 4) is 5.69 Å². The molecule has 1 aliphatic heterocycles. The van der Waals surface area contributed by atoms with Crippen LogP contribution in [0, 0.1) is 5.82 Å². The molecule has 8 nitrogen and oxygen atoms in total. The van der Waals surface area contributed by atoms with Crippen LogP contribution < -0.4 is 10.2 Å². The lowest BCUT2D eigenvalue weighted by molar-refractivity contribution is 0.246. The minimum atomic E-state index is -3.33. The van der Waals surface area contributed by atoms with E-state index in [0.29, 0.717) is 19.5 Å². The Hall–Kier alpha value is -3.27. The fraction of sp³-hybridized carbons (Fsp3) is 0.286. The molecule has 0 atom stereocenters. The molecule has 1 aliphatic rings. The number of pyridine rings is 1. The lowest BCUT2D eigenvalue weighted by Gasteiger charge is -2.27. The molecule has 4 rings (SSSR count). The van der Waals surface area contributed by atoms with Gasteiger partial charge in [-0.2, -0.15) is 5.10 Å². The molecule has 0 radical (unpaired) electrons. The summed E-state index contributed by atoms with van der Waals surface area (Å²) >= 11 is 0. The Labute approximate surface area is 179 Å². The molecule has 0 unspecified atom stereocenters. The summed E-state index contributed by atoms with van der Waals surface area (Å²) in [7, 11) is -3.33. The maximum atomic E-state index is 13.2. The predicted molar refractivity (Wildman–Crippen MR) is 114 cm³/mol. The second-order valence-electron chi connectivity index (χ2n) is 7.40. The maximum Gasteiger partial charge on any atom is 0.321 e. The number of nitrogens with zero attached hydrogens (tertiary/aromatic N) is 4. The van der Waals surface area contributed by atoms with Gasteiger partial charge in [0, 0.05) is 31.7 Å². The van der Waals surface area contributed by atoms with Gasteiger partial charge in [-0.3, -0.25) is 9.88 Å². The van der Waals surface area contributed by atoms with E-state index in [2.05, 4.69) is 15.4 Å². The van der Waals surface area contributed by atoms with Crippen LogP contribution in [0.4, 0.5) is 14.9 Å². The third kappa shape index (κ3) is 4.58. The number of nitrogens with one attached hydrogen (secondary N) is 1. The van der Waals surface area contributed by atoms with Gasteiger partial charge in [-0.05, 0) is 55.2 Å². The van der Waals surface area contributed by atoms with E-state index in [0.717, 1.165) is 41.7 Å². The molecule has 0 saturated carbocycles. The van der Waals surface area contributed by atoms with Gasteiger partial charge in [-0.15, -0.1) is 0 Å². The van der Waals surface area contributed by atoms with Crippen LogP contribution in [-0.4, -0.2) is 48.6 Å². The van der Waals surface area contributed by atoms with Gasteiger partial charge < -0.3 is 5.32 Å². The zero-order valence-electron chi connectivity index (χ0n) is 17.0. The van der Waals surface area contributed by atoms with Gasteiger partial charge in [0.05, 0.1) is 28.2 Å². The monoisotopic (exact) mass is 443 g/mol. The second kappa shape index (κ2) is 8.46. The van der Waals surface area contributed by atoms with Gasteiger partial charge >= 0.3 is 6.03 Å². The number of rotatable bonds is 5. The van der Waals surface area contributed by atoms with E-state index in [4.69, 9.17) is 0 Å². The van der Waals surface area contributed by atoms with Crippen molar-refractivity contribution in [2.75, 3.05) is 24.2 Å². The smallest absolute Gasteiger partial charge is 0.321 e. The summed E-state index contributed by atoms with van der Waals surface area (Å²) in [5, 5.41) is 7.28. The van der Waals surface area contributed by atoms with E-state index in [1.54, 1.807) is 40.2 Å². The summed E-state index contributed by atoms with van der Waals surface area (Å²) in [5.41, 5.74) is 3.10. The van der Waals surface area contributed by atoms with E-state index < -0.39 is 9.84 Å². The number of sulfone groups is 1. The first-order chi connectivity index (χ1) is 14.8. The van der Waals surface area contributed by atoms with Crippen molar-refractivity contribution in [1.82, 2.24) is 20.1 Å². The zero-order chi connectivity index (χ0) is 22.0. The lowest BCUT2D eigenvalue weighted by atomic mass is 10.1. The number of hydrogen-bond donors (Lipinski definition) is 1. The third-order valence-electron chi connectivity index (χ3n) is 5.14. The number of anilines is 1. The summed E-state index contributed by atoms with van der Waals surface area (Å²) in [6.07, 6.45) is 7.69. The highest BCUT2D eigenvalue weighted by atomic mass is 32.2. The number of fused-ring (bicyclic) bond motifs is 1. The summed E-state index contributed by atoms with van der Waals surface area (Å²) in [6, 6.07) is 7.39. The summed E-state index contributed by atoms with van der Waals surface area (Å²) in [6.45, 7) is 0.907. The van der Waals surface area contributed by atoms with E-state index in [1.165, 1.54) is 18.3 Å². The highest BCUT2D eigenvalue weighted by Crippen LogP contribution is 2.29. The first-order valence-corrected chi connectivity index (χ1v) is 11.7. The van der Waals surface area contributed by atoms with Crippen LogP contribution in [0.5, 0.6) is 0 Å². The predicted octanol–water partition coefficient (Wildman–Crippen LogP) is 2.51. The molecule has 0 aliphatic carbocycles. The fourth-order valence-electron chi connectivity index (χ4n) is 3.58. The van der Waals surface area contributed by atoms with Crippen molar-refractivity contribution in [3.63, 3.8) is 0 Å². The highest BCUT2D eigenvalue weighted by Gasteiger charge is 2.26. The van der Waals surface area contributed by atoms with Gasteiger partial charge in [0.2, 0.25) is 0 Å². The molecule has 2 amide bonds. The van der Waals surface area contributed by atoms with Crippen LogP contribution in [0.1, 0.15) is 17.7 Å². The molecule has 1 N–H and O–H groups in total. The van der Waals surface area contributed by atoms with Crippen LogP contribution in [0.15, 0.2) is 53.8 Å². The minimum absolute atomic E-state index is 0.158. The molecule has 1 aromatic carbocycles. The minimum Gasteiger partial charge on any atom is -0.337 e. The number of carbonyl (C=O) groups is 1. The molecule has 0 fully saturated rings. The van der Waals surface area contributed by atoms with Gasteiger partial charge in [0.15, 0.2) is 9.84 Å². The Balaban J connectivity index is 1.43. The molecular formula is C21H22FN5O3S. The van der Waals surface area contributed by atoms with Crippen LogP contribution in [0.2, 0.25) is 0 Å². The van der Waals surface area contributed by atoms with Crippen molar-refractivity contribution < 1.29 is 17.6 Å². The van der Waals surface area contributed by atoms with Crippen molar-refractivity contribution >= 4 is 21.6 Å². The van der Waals surface area contributed by atoms with Crippen molar-refractivity contribution in [2.24, 2.45) is 0 Å². The van der Waals surface area contributed by atoms with Crippen LogP contribution >= 0.6 is 0 Å². The standard InChI is InChI=1S/C21H22FN5O3S/c1-31(29,30)18-11-15(12-23-13-18)8-9-24-21(28)26-10-2-3-19-20(26)14-25-27(19)17-6-4-16(22)5-7-17/h4-7,11-14H,2-3,8-10H2,1H3,(H,24,28). The Morgan fingerprint density at radius 2 is 1.97 bits per heavy atom. The number of aromatic nitrogens is 3. The van der Waals surface area contributed by atoms with Gasteiger partial charge in [-0.25, -0.2) is 22.3 Å². The summed E-state index contributed by atoms with van der Waals surface area (Å²) in [4.78, 5) is 18.6. The topological polar surface area (TPSA) is 97.2 Å². The molecule has 0 bridgehead atoms. The number of benzene rings is 1. The molecule has 10 heteroatoms. The lowest BCUT2D eigenvalue weighted by Crippen LogP contribution is -2.43. The summed E-state index contributed by atoms with van der Waals surface area (Å²) in [5.74, 6) is -0.317. The third-order valence-corrected chi connectivity index (χ3v) is 6.22.